The van der Waals surface area contributed by atoms with Gasteiger partial charge < -0.3 is 19.9 Å². The van der Waals surface area contributed by atoms with Crippen LogP contribution in [-0.4, -0.2) is 11.4 Å². The number of benzene rings is 2. The molecule has 0 bridgehead atoms. The van der Waals surface area contributed by atoms with E-state index in [9.17, 15) is 13.9 Å². The molecule has 0 amide bonds. The van der Waals surface area contributed by atoms with Gasteiger partial charge in [-0.25, -0.2) is 0 Å². The smallest absolute Gasteiger partial charge is 0.508 e. The number of nitrogens with one attached hydrogen (secondary N) is 1. The van der Waals surface area contributed by atoms with E-state index in [1.54, 1.807) is 24.3 Å². The topological polar surface area (TPSA) is 50.7 Å². The molecule has 1 heterocycles. The van der Waals surface area contributed by atoms with E-state index in [-0.39, 0.29) is 17.2 Å². The van der Waals surface area contributed by atoms with Crippen LogP contribution < -0.4 is 14.8 Å². The molecule has 0 unspecified atom stereocenters. The summed E-state index contributed by atoms with van der Waals surface area (Å²) in [4.78, 5) is 0. The maximum Gasteiger partial charge on any atom is 0.586 e. The minimum Gasteiger partial charge on any atom is -0.508 e. The van der Waals surface area contributed by atoms with E-state index < -0.39 is 6.29 Å². The molecule has 110 valence electrons. The van der Waals surface area contributed by atoms with Gasteiger partial charge in [0, 0.05) is 28.3 Å². The van der Waals surface area contributed by atoms with Crippen molar-refractivity contribution in [2.45, 2.75) is 12.8 Å². The molecule has 0 radical (unpaired) electrons. The third-order valence-corrected chi connectivity index (χ3v) is 3.42. The van der Waals surface area contributed by atoms with E-state index in [0.717, 1.165) is 4.47 Å². The molecule has 1 aliphatic rings. The highest BCUT2D eigenvalue weighted by molar-refractivity contribution is 9.10. The van der Waals surface area contributed by atoms with E-state index in [1.807, 2.05) is 0 Å². The van der Waals surface area contributed by atoms with Crippen LogP contribution in [0.15, 0.2) is 40.9 Å². The van der Waals surface area contributed by atoms with Gasteiger partial charge in [-0.2, -0.15) is 0 Å². The van der Waals surface area contributed by atoms with Crippen molar-refractivity contribution in [2.24, 2.45) is 0 Å². The number of alkyl halides is 2. The number of phenolic OH excluding ortho intramolecular Hbond substituents is 1. The molecule has 0 saturated carbocycles. The Morgan fingerprint density at radius 3 is 2.67 bits per heavy atom. The van der Waals surface area contributed by atoms with Crippen LogP contribution in [-0.2, 0) is 6.54 Å². The molecular formula is C14H10BrF2NO3. The molecule has 2 aromatic carbocycles. The molecule has 0 spiro atoms. The van der Waals surface area contributed by atoms with Crippen molar-refractivity contribution >= 4 is 21.6 Å². The van der Waals surface area contributed by atoms with Gasteiger partial charge in [-0.05, 0) is 30.3 Å². The van der Waals surface area contributed by atoms with Gasteiger partial charge >= 0.3 is 6.29 Å². The lowest BCUT2D eigenvalue weighted by Gasteiger charge is -2.09. The number of halogens is 3. The van der Waals surface area contributed by atoms with Crippen LogP contribution in [0.25, 0.3) is 0 Å². The Balaban J connectivity index is 1.74. The molecule has 2 aromatic rings. The fraction of sp³-hybridized carbons (Fsp3) is 0.143. The van der Waals surface area contributed by atoms with Gasteiger partial charge in [0.05, 0.1) is 0 Å². The van der Waals surface area contributed by atoms with E-state index in [4.69, 9.17) is 0 Å². The van der Waals surface area contributed by atoms with Crippen molar-refractivity contribution in [3.63, 3.8) is 0 Å². The van der Waals surface area contributed by atoms with Crippen LogP contribution in [0.4, 0.5) is 14.5 Å². The zero-order chi connectivity index (χ0) is 15.0. The second-order valence-corrected chi connectivity index (χ2v) is 5.37. The van der Waals surface area contributed by atoms with E-state index in [1.165, 1.54) is 12.1 Å². The summed E-state index contributed by atoms with van der Waals surface area (Å²) in [6.45, 7) is 0.335. The highest BCUT2D eigenvalue weighted by atomic mass is 79.9. The normalized spacial score (nSPS) is 15.0. The Bertz CT molecular complexity index is 694. The summed E-state index contributed by atoms with van der Waals surface area (Å²) < 4.78 is 35.4. The van der Waals surface area contributed by atoms with E-state index >= 15 is 0 Å². The molecule has 0 aromatic heterocycles. The molecule has 0 atom stereocenters. The summed E-state index contributed by atoms with van der Waals surface area (Å²) in [6, 6.07) is 9.48. The van der Waals surface area contributed by atoms with Crippen LogP contribution in [0.5, 0.6) is 17.2 Å². The van der Waals surface area contributed by atoms with Crippen LogP contribution in [0.2, 0.25) is 0 Å². The third kappa shape index (κ3) is 3.02. The Morgan fingerprint density at radius 2 is 1.86 bits per heavy atom. The molecular weight excluding hydrogens is 348 g/mol. The number of fused-ring (bicyclic) bond motifs is 1. The minimum atomic E-state index is -3.62. The number of hydrogen-bond donors (Lipinski definition) is 2. The van der Waals surface area contributed by atoms with Crippen molar-refractivity contribution < 1.29 is 23.4 Å². The second-order valence-electron chi connectivity index (χ2n) is 4.46. The zero-order valence-electron chi connectivity index (χ0n) is 10.6. The average Bonchev–Trinajstić information content (AvgIpc) is 2.72. The lowest BCUT2D eigenvalue weighted by molar-refractivity contribution is -0.286. The first-order chi connectivity index (χ1) is 9.93. The minimum absolute atomic E-state index is 0.00384. The first kappa shape index (κ1) is 13.9. The number of hydrogen-bond acceptors (Lipinski definition) is 4. The van der Waals surface area contributed by atoms with Gasteiger partial charge in [0.15, 0.2) is 11.5 Å². The Labute approximate surface area is 127 Å². The lowest BCUT2D eigenvalue weighted by Crippen LogP contribution is -2.25. The van der Waals surface area contributed by atoms with Crippen molar-refractivity contribution in [2.75, 3.05) is 5.32 Å². The molecule has 7 heteroatoms. The summed E-state index contributed by atoms with van der Waals surface area (Å²) in [5.74, 6) is 0.122. The SMILES string of the molecule is Oc1ccc(Br)cc1CNc1ccc2c(c1)OC(F)(F)O2. The molecule has 4 nitrogen and oxygen atoms in total. The Kier molecular flexibility index (Phi) is 3.36. The number of phenols is 1. The molecule has 0 saturated heterocycles. The van der Waals surface area contributed by atoms with E-state index in [2.05, 4.69) is 30.7 Å². The maximum atomic E-state index is 12.9. The number of anilines is 1. The van der Waals surface area contributed by atoms with Crippen molar-refractivity contribution in [3.05, 3.63) is 46.4 Å². The summed E-state index contributed by atoms with van der Waals surface area (Å²) >= 11 is 3.32. The molecule has 1 aliphatic heterocycles. The fourth-order valence-corrected chi connectivity index (χ4v) is 2.36. The largest absolute Gasteiger partial charge is 0.586 e. The van der Waals surface area contributed by atoms with Crippen LogP contribution >= 0.6 is 15.9 Å². The van der Waals surface area contributed by atoms with Crippen molar-refractivity contribution in [1.29, 1.82) is 0 Å². The van der Waals surface area contributed by atoms with Gasteiger partial charge in [0.25, 0.3) is 0 Å². The van der Waals surface area contributed by atoms with Gasteiger partial charge in [-0.3, -0.25) is 0 Å². The van der Waals surface area contributed by atoms with Crippen molar-refractivity contribution in [1.82, 2.24) is 0 Å². The van der Waals surface area contributed by atoms with Crippen LogP contribution in [0.3, 0.4) is 0 Å². The fourth-order valence-electron chi connectivity index (χ4n) is 1.95. The summed E-state index contributed by atoms with van der Waals surface area (Å²) in [5, 5.41) is 12.8. The lowest BCUT2D eigenvalue weighted by atomic mass is 10.2. The predicted molar refractivity (Wildman–Crippen MR) is 75.8 cm³/mol. The van der Waals surface area contributed by atoms with Gasteiger partial charge in [0.1, 0.15) is 5.75 Å². The number of ether oxygens (including phenoxy) is 2. The summed E-state index contributed by atoms with van der Waals surface area (Å²) in [6.07, 6.45) is -3.62. The molecule has 0 fully saturated rings. The summed E-state index contributed by atoms with van der Waals surface area (Å²) in [5.41, 5.74) is 1.25. The zero-order valence-corrected chi connectivity index (χ0v) is 12.2. The predicted octanol–water partition coefficient (Wildman–Crippen LogP) is 4.09. The standard InChI is InChI=1S/C14H10BrF2NO3/c15-9-1-3-11(19)8(5-9)7-18-10-2-4-12-13(6-10)21-14(16,17)20-12/h1-6,18-19H,7H2. The first-order valence-corrected chi connectivity index (χ1v) is 6.83. The monoisotopic (exact) mass is 357 g/mol. The quantitative estimate of drug-likeness (QED) is 0.868. The Morgan fingerprint density at radius 1 is 1.10 bits per heavy atom. The van der Waals surface area contributed by atoms with Gasteiger partial charge in [-0.1, -0.05) is 15.9 Å². The highest BCUT2D eigenvalue weighted by Crippen LogP contribution is 2.42. The average molecular weight is 358 g/mol. The van der Waals surface area contributed by atoms with Crippen LogP contribution in [0, 0.1) is 0 Å². The number of aromatic hydroxyl groups is 1. The highest BCUT2D eigenvalue weighted by Gasteiger charge is 2.43. The summed E-state index contributed by atoms with van der Waals surface area (Å²) in [7, 11) is 0. The first-order valence-electron chi connectivity index (χ1n) is 6.04. The third-order valence-electron chi connectivity index (χ3n) is 2.93. The van der Waals surface area contributed by atoms with Crippen LogP contribution in [0.1, 0.15) is 5.56 Å². The molecule has 0 aliphatic carbocycles. The molecule has 3 rings (SSSR count). The second kappa shape index (κ2) is 5.07. The molecule has 2 N–H and O–H groups in total. The van der Waals surface area contributed by atoms with Gasteiger partial charge in [0.2, 0.25) is 0 Å². The van der Waals surface area contributed by atoms with E-state index in [0.29, 0.717) is 17.8 Å². The van der Waals surface area contributed by atoms with Gasteiger partial charge in [-0.15, -0.1) is 8.78 Å². The Hall–Kier alpha value is -2.02. The molecule has 21 heavy (non-hydrogen) atoms. The number of rotatable bonds is 3. The van der Waals surface area contributed by atoms with Crippen molar-refractivity contribution in [3.8, 4) is 17.2 Å². The maximum absolute atomic E-state index is 12.9.